The van der Waals surface area contributed by atoms with Crippen molar-refractivity contribution < 1.29 is 9.21 Å². The summed E-state index contributed by atoms with van der Waals surface area (Å²) in [5, 5.41) is 7.49. The second-order valence-corrected chi connectivity index (χ2v) is 11.1. The van der Waals surface area contributed by atoms with E-state index in [2.05, 4.69) is 65.8 Å². The van der Waals surface area contributed by atoms with Gasteiger partial charge >= 0.3 is 0 Å². The number of carbonyl (C=O) groups is 1. The molecule has 6 rings (SSSR count). The first kappa shape index (κ1) is 28.2. The molecule has 1 aliphatic rings. The number of anilines is 4. The number of rotatable bonds is 10. The molecule has 2 N–H and O–H groups in total. The van der Waals surface area contributed by atoms with Gasteiger partial charge in [0.25, 0.3) is 0 Å². The lowest BCUT2D eigenvalue weighted by Crippen LogP contribution is -2.29. The average Bonchev–Trinajstić information content (AvgIpc) is 3.65. The minimum absolute atomic E-state index is 0.275. The molecule has 0 saturated carbocycles. The predicted molar refractivity (Wildman–Crippen MR) is 172 cm³/mol. The topological polar surface area (TPSA) is 104 Å². The fourth-order valence-corrected chi connectivity index (χ4v) is 5.74. The summed E-state index contributed by atoms with van der Waals surface area (Å²) in [6, 6.07) is 12.4. The molecule has 3 aromatic heterocycles. The molecule has 10 nitrogen and oxygen atoms in total. The molecule has 0 radical (unpaired) electrons. The largest absolute Gasteiger partial charge is 0.443 e. The first-order chi connectivity index (χ1) is 20.8. The number of oxazole rings is 1. The smallest absolute Gasteiger partial charge is 0.247 e. The van der Waals surface area contributed by atoms with Crippen LogP contribution in [0.2, 0.25) is 0 Å². The van der Waals surface area contributed by atoms with Crippen molar-refractivity contribution >= 4 is 39.8 Å². The first-order valence-corrected chi connectivity index (χ1v) is 14.4. The molecule has 10 heteroatoms. The number of benzene rings is 2. The van der Waals surface area contributed by atoms with E-state index in [1.807, 2.05) is 40.2 Å². The molecule has 0 spiro atoms. The zero-order valence-corrected chi connectivity index (χ0v) is 25.0. The van der Waals surface area contributed by atoms with Crippen LogP contribution in [-0.2, 0) is 17.8 Å². The lowest BCUT2D eigenvalue weighted by atomic mass is 10.0. The van der Waals surface area contributed by atoms with Crippen LogP contribution in [0.3, 0.4) is 0 Å². The second-order valence-electron chi connectivity index (χ2n) is 11.1. The van der Waals surface area contributed by atoms with Gasteiger partial charge in [-0.2, -0.15) is 0 Å². The van der Waals surface area contributed by atoms with E-state index in [0.29, 0.717) is 17.5 Å². The Bertz CT molecular complexity index is 1810. The number of amides is 1. The van der Waals surface area contributed by atoms with Gasteiger partial charge in [0.2, 0.25) is 17.7 Å². The Balaban J connectivity index is 1.41. The Kier molecular flexibility index (Phi) is 7.69. The van der Waals surface area contributed by atoms with Gasteiger partial charge in [-0.15, -0.1) is 0 Å². The van der Waals surface area contributed by atoms with E-state index < -0.39 is 0 Å². The van der Waals surface area contributed by atoms with Gasteiger partial charge in [0, 0.05) is 49.5 Å². The van der Waals surface area contributed by atoms with E-state index in [4.69, 9.17) is 9.40 Å². The average molecular weight is 577 g/mol. The highest BCUT2D eigenvalue weighted by Crippen LogP contribution is 2.43. The van der Waals surface area contributed by atoms with Gasteiger partial charge in [0.05, 0.1) is 28.8 Å². The zero-order chi connectivity index (χ0) is 30.1. The van der Waals surface area contributed by atoms with Crippen LogP contribution in [-0.4, -0.2) is 64.6 Å². The monoisotopic (exact) mass is 576 g/mol. The summed E-state index contributed by atoms with van der Waals surface area (Å²) < 4.78 is 8.15. The number of aromatic nitrogens is 4. The molecule has 2 aromatic carbocycles. The van der Waals surface area contributed by atoms with Crippen LogP contribution in [0.15, 0.2) is 72.1 Å². The number of aryl methyl sites for hydroxylation is 3. The molecule has 1 amide bonds. The van der Waals surface area contributed by atoms with Crippen molar-refractivity contribution in [2.75, 3.05) is 49.8 Å². The third kappa shape index (κ3) is 5.49. The number of carbonyl (C=O) groups excluding carboxylic acids is 1. The van der Waals surface area contributed by atoms with Crippen molar-refractivity contribution in [1.29, 1.82) is 0 Å². The standard InChI is InChI=1S/C33H36N8O2/c1-6-28(42)36-26-20-25(21(2)19-27(26)40(5)17-16-39(3)4)38-33-35-13-12-24(37-33)29-23-11-7-9-22-10-8-15-41(30(22)23)31(29)32-34-14-18-43-32/h6-7,9,11-14,18-20H,1,8,10,15-17H2,2-5H3,(H,36,42)(H,35,37,38). The van der Waals surface area contributed by atoms with Crippen LogP contribution in [0.25, 0.3) is 33.7 Å². The second kappa shape index (κ2) is 11.7. The van der Waals surface area contributed by atoms with Crippen LogP contribution < -0.4 is 15.5 Å². The minimum atomic E-state index is -0.275. The lowest BCUT2D eigenvalue weighted by molar-refractivity contribution is -0.111. The van der Waals surface area contributed by atoms with Crippen molar-refractivity contribution in [3.8, 4) is 22.8 Å². The van der Waals surface area contributed by atoms with Crippen molar-refractivity contribution in [3.05, 3.63) is 78.8 Å². The molecule has 0 fully saturated rings. The van der Waals surface area contributed by atoms with Crippen molar-refractivity contribution in [2.45, 2.75) is 26.3 Å². The number of hydrogen-bond acceptors (Lipinski definition) is 8. The molecule has 43 heavy (non-hydrogen) atoms. The molecule has 0 unspecified atom stereocenters. The summed E-state index contributed by atoms with van der Waals surface area (Å²) in [7, 11) is 6.10. The zero-order valence-electron chi connectivity index (χ0n) is 25.0. The highest BCUT2D eigenvalue weighted by molar-refractivity contribution is 6.04. The van der Waals surface area contributed by atoms with Gasteiger partial charge in [-0.05, 0) is 69.3 Å². The Hall–Kier alpha value is -4.96. The number of nitrogens with zero attached hydrogens (tertiary/aromatic N) is 6. The maximum Gasteiger partial charge on any atom is 0.247 e. The van der Waals surface area contributed by atoms with Gasteiger partial charge in [0.15, 0.2) is 0 Å². The fourth-order valence-electron chi connectivity index (χ4n) is 5.74. The molecule has 1 aliphatic heterocycles. The normalized spacial score (nSPS) is 12.5. The van der Waals surface area contributed by atoms with Crippen molar-refractivity contribution in [1.82, 2.24) is 24.4 Å². The lowest BCUT2D eigenvalue weighted by Gasteiger charge is -2.25. The van der Waals surface area contributed by atoms with Crippen LogP contribution in [0.5, 0.6) is 0 Å². The van der Waals surface area contributed by atoms with E-state index in [1.165, 1.54) is 17.2 Å². The highest BCUT2D eigenvalue weighted by Gasteiger charge is 2.27. The molecule has 4 heterocycles. The van der Waals surface area contributed by atoms with Crippen LogP contribution in [0, 0.1) is 6.92 Å². The van der Waals surface area contributed by atoms with E-state index in [0.717, 1.165) is 71.8 Å². The predicted octanol–water partition coefficient (Wildman–Crippen LogP) is 5.87. The summed E-state index contributed by atoms with van der Waals surface area (Å²) in [4.78, 5) is 30.7. The summed E-state index contributed by atoms with van der Waals surface area (Å²) >= 11 is 0. The summed E-state index contributed by atoms with van der Waals surface area (Å²) in [5.41, 5.74) is 8.56. The molecule has 5 aromatic rings. The van der Waals surface area contributed by atoms with E-state index in [-0.39, 0.29) is 5.91 Å². The van der Waals surface area contributed by atoms with Gasteiger partial charge in [-0.25, -0.2) is 15.0 Å². The third-order valence-electron chi connectivity index (χ3n) is 7.87. The summed E-state index contributed by atoms with van der Waals surface area (Å²) in [6.07, 6.45) is 8.40. The maximum absolute atomic E-state index is 12.4. The molecule has 0 atom stereocenters. The Labute approximate surface area is 251 Å². The van der Waals surface area contributed by atoms with Gasteiger partial charge in [-0.3, -0.25) is 4.79 Å². The van der Waals surface area contributed by atoms with Crippen LogP contribution >= 0.6 is 0 Å². The number of para-hydroxylation sites is 1. The van der Waals surface area contributed by atoms with Crippen molar-refractivity contribution in [2.24, 2.45) is 0 Å². The molecular formula is C33H36N8O2. The summed E-state index contributed by atoms with van der Waals surface area (Å²) in [5.74, 6) is 0.739. The third-order valence-corrected chi connectivity index (χ3v) is 7.87. The van der Waals surface area contributed by atoms with Crippen LogP contribution in [0.4, 0.5) is 23.0 Å². The minimum Gasteiger partial charge on any atom is -0.443 e. The molecule has 0 saturated heterocycles. The van der Waals surface area contributed by atoms with E-state index in [9.17, 15) is 4.79 Å². The fraction of sp³-hybridized carbons (Fsp3) is 0.273. The first-order valence-electron chi connectivity index (χ1n) is 14.4. The molecule has 220 valence electrons. The SMILES string of the molecule is C=CC(=O)Nc1cc(Nc2nccc(-c3c(-c4ncco4)n4c5c(cccc35)CCC4)n2)c(C)cc1N(C)CCN(C)C. The molecule has 0 aliphatic carbocycles. The van der Waals surface area contributed by atoms with E-state index in [1.54, 1.807) is 18.7 Å². The number of hydrogen-bond donors (Lipinski definition) is 2. The van der Waals surface area contributed by atoms with Crippen LogP contribution in [0.1, 0.15) is 17.5 Å². The summed E-state index contributed by atoms with van der Waals surface area (Å²) in [6.45, 7) is 8.20. The Morgan fingerprint density at radius 1 is 1.12 bits per heavy atom. The van der Waals surface area contributed by atoms with Crippen molar-refractivity contribution in [3.63, 3.8) is 0 Å². The number of likely N-dealkylation sites (N-methyl/N-ethyl adjacent to an activating group) is 2. The Morgan fingerprint density at radius 3 is 2.74 bits per heavy atom. The Morgan fingerprint density at radius 2 is 1.98 bits per heavy atom. The van der Waals surface area contributed by atoms with Gasteiger partial charge < -0.3 is 29.4 Å². The van der Waals surface area contributed by atoms with E-state index >= 15 is 0 Å². The van der Waals surface area contributed by atoms with Gasteiger partial charge in [0.1, 0.15) is 12.0 Å². The van der Waals surface area contributed by atoms with Gasteiger partial charge in [-0.1, -0.05) is 24.8 Å². The quantitative estimate of drug-likeness (QED) is 0.199. The number of nitrogens with one attached hydrogen (secondary N) is 2. The molecule has 0 bridgehead atoms. The highest BCUT2D eigenvalue weighted by atomic mass is 16.3. The maximum atomic E-state index is 12.4. The molecular weight excluding hydrogens is 540 g/mol.